The van der Waals surface area contributed by atoms with E-state index in [1.807, 2.05) is 13.8 Å². The standard InChI is InChI=1S/C26H29F3N4O2/c1-4-13-33-16-21(20-9-7-8-10-23(20)33)25(35,26(27,28)29)18-11-12-22(17(14-18)15-30)32-24(34)31-19(5-2)6-3/h4,7-12,14-16,19,30,35H,1,5-6,13H2,2-3H3,(H2,31,32,34). The number of halogens is 3. The fraction of sp³-hybridized carbons (Fsp3) is 0.308. The minimum Gasteiger partial charge on any atom is -0.372 e. The molecule has 0 aliphatic carbocycles. The van der Waals surface area contributed by atoms with Crippen molar-refractivity contribution in [2.45, 2.75) is 51.1 Å². The van der Waals surface area contributed by atoms with Crippen molar-refractivity contribution in [2.75, 3.05) is 5.32 Å². The maximum absolute atomic E-state index is 14.6. The number of hydrogen-bond acceptors (Lipinski definition) is 3. The summed E-state index contributed by atoms with van der Waals surface area (Å²) in [6.07, 6.45) is 0.0459. The Balaban J connectivity index is 2.11. The van der Waals surface area contributed by atoms with E-state index in [1.54, 1.807) is 28.8 Å². The van der Waals surface area contributed by atoms with Crippen LogP contribution in [0.2, 0.25) is 0 Å². The van der Waals surface area contributed by atoms with Gasteiger partial charge < -0.3 is 25.7 Å². The molecule has 0 radical (unpaired) electrons. The van der Waals surface area contributed by atoms with Gasteiger partial charge in [0.05, 0.1) is 5.69 Å². The predicted octanol–water partition coefficient (Wildman–Crippen LogP) is 5.93. The highest BCUT2D eigenvalue weighted by Crippen LogP contribution is 2.47. The first-order chi connectivity index (χ1) is 16.6. The van der Waals surface area contributed by atoms with Crippen molar-refractivity contribution >= 4 is 28.8 Å². The van der Waals surface area contributed by atoms with E-state index in [0.717, 1.165) is 31.2 Å². The molecule has 3 rings (SSSR count). The Hall–Kier alpha value is -3.59. The fourth-order valence-electron chi connectivity index (χ4n) is 4.15. The number of allylic oxidation sites excluding steroid dienone is 1. The van der Waals surface area contributed by atoms with Gasteiger partial charge in [-0.3, -0.25) is 0 Å². The van der Waals surface area contributed by atoms with Crippen LogP contribution in [-0.2, 0) is 12.1 Å². The summed E-state index contributed by atoms with van der Waals surface area (Å²) < 4.78 is 45.2. The number of nitrogens with one attached hydrogen (secondary N) is 3. The van der Waals surface area contributed by atoms with Crippen LogP contribution in [0.4, 0.5) is 23.7 Å². The SMILES string of the molecule is C=CCn1cc(C(O)(c2ccc(NC(=O)NC(CC)CC)c(C=N)c2)C(F)(F)F)c2ccccc21. The van der Waals surface area contributed by atoms with E-state index in [2.05, 4.69) is 17.2 Å². The summed E-state index contributed by atoms with van der Waals surface area (Å²) >= 11 is 0. The lowest BCUT2D eigenvalue weighted by Crippen LogP contribution is -2.43. The highest BCUT2D eigenvalue weighted by molar-refractivity contribution is 5.96. The molecular formula is C26H29F3N4O2. The molecule has 0 fully saturated rings. The number of benzene rings is 2. The number of aromatic nitrogens is 1. The predicted molar refractivity (Wildman–Crippen MR) is 132 cm³/mol. The summed E-state index contributed by atoms with van der Waals surface area (Å²) in [4.78, 5) is 12.3. The van der Waals surface area contributed by atoms with E-state index in [4.69, 9.17) is 5.41 Å². The summed E-state index contributed by atoms with van der Waals surface area (Å²) in [7, 11) is 0. The lowest BCUT2D eigenvalue weighted by molar-refractivity contribution is -0.247. The molecular weight excluding hydrogens is 457 g/mol. The third kappa shape index (κ3) is 4.95. The zero-order chi connectivity index (χ0) is 25.8. The molecule has 6 nitrogen and oxygen atoms in total. The zero-order valence-corrected chi connectivity index (χ0v) is 19.6. The van der Waals surface area contributed by atoms with Crippen molar-refractivity contribution in [2.24, 2.45) is 0 Å². The number of anilines is 1. The second kappa shape index (κ2) is 10.4. The molecule has 0 saturated heterocycles. The van der Waals surface area contributed by atoms with Crippen molar-refractivity contribution < 1.29 is 23.1 Å². The van der Waals surface area contributed by atoms with Crippen LogP contribution in [0.3, 0.4) is 0 Å². The quantitative estimate of drug-likeness (QED) is 0.223. The number of rotatable bonds is 9. The molecule has 35 heavy (non-hydrogen) atoms. The molecule has 4 N–H and O–H groups in total. The van der Waals surface area contributed by atoms with Crippen LogP contribution >= 0.6 is 0 Å². The van der Waals surface area contributed by atoms with Crippen LogP contribution in [0, 0.1) is 5.41 Å². The van der Waals surface area contributed by atoms with Crippen LogP contribution in [-0.4, -0.2) is 34.1 Å². The average molecular weight is 487 g/mol. The van der Waals surface area contributed by atoms with E-state index in [1.165, 1.54) is 18.3 Å². The molecule has 1 atom stereocenters. The molecule has 1 unspecified atom stereocenters. The number of alkyl halides is 3. The van der Waals surface area contributed by atoms with Gasteiger partial charge in [0.1, 0.15) is 0 Å². The lowest BCUT2D eigenvalue weighted by atomic mass is 9.84. The Morgan fingerprint density at radius 1 is 1.20 bits per heavy atom. The van der Waals surface area contributed by atoms with Gasteiger partial charge in [0.15, 0.2) is 0 Å². The first kappa shape index (κ1) is 26.0. The van der Waals surface area contributed by atoms with Crippen LogP contribution in [0.5, 0.6) is 0 Å². The van der Waals surface area contributed by atoms with Gasteiger partial charge in [-0.2, -0.15) is 13.2 Å². The molecule has 9 heteroatoms. The van der Waals surface area contributed by atoms with Gasteiger partial charge in [0.2, 0.25) is 5.60 Å². The number of carbonyl (C=O) groups excluding carboxylic acids is 1. The van der Waals surface area contributed by atoms with Gasteiger partial charge in [-0.25, -0.2) is 4.79 Å². The summed E-state index contributed by atoms with van der Waals surface area (Å²) in [6.45, 7) is 7.77. The van der Waals surface area contributed by atoms with Crippen molar-refractivity contribution in [3.63, 3.8) is 0 Å². The molecule has 0 aliphatic rings. The largest absolute Gasteiger partial charge is 0.425 e. The summed E-state index contributed by atoms with van der Waals surface area (Å²) in [6, 6.07) is 9.40. The number of fused-ring (bicyclic) bond motifs is 1. The number of urea groups is 1. The molecule has 186 valence electrons. The van der Waals surface area contributed by atoms with Crippen molar-refractivity contribution in [1.82, 2.24) is 9.88 Å². The second-order valence-electron chi connectivity index (χ2n) is 8.27. The average Bonchev–Trinajstić information content (AvgIpc) is 3.20. The van der Waals surface area contributed by atoms with Crippen LogP contribution in [0.15, 0.2) is 61.3 Å². The zero-order valence-electron chi connectivity index (χ0n) is 19.6. The Kier molecular flexibility index (Phi) is 7.70. The Morgan fingerprint density at radius 3 is 2.49 bits per heavy atom. The summed E-state index contributed by atoms with van der Waals surface area (Å²) in [5.74, 6) is 0. The highest BCUT2D eigenvalue weighted by atomic mass is 19.4. The van der Waals surface area contributed by atoms with E-state index in [0.29, 0.717) is 5.52 Å². The molecule has 0 aliphatic heterocycles. The maximum atomic E-state index is 14.6. The van der Waals surface area contributed by atoms with Gasteiger partial charge in [-0.05, 0) is 36.6 Å². The Bertz CT molecular complexity index is 1230. The van der Waals surface area contributed by atoms with Gasteiger partial charge in [-0.1, -0.05) is 44.2 Å². The topological polar surface area (TPSA) is 90.1 Å². The first-order valence-electron chi connectivity index (χ1n) is 11.3. The van der Waals surface area contributed by atoms with E-state index in [9.17, 15) is 23.1 Å². The van der Waals surface area contributed by atoms with E-state index >= 15 is 0 Å². The molecule has 3 aromatic rings. The normalized spacial score (nSPS) is 13.5. The molecule has 0 bridgehead atoms. The first-order valence-corrected chi connectivity index (χ1v) is 11.3. The lowest BCUT2D eigenvalue weighted by Gasteiger charge is -2.31. The van der Waals surface area contributed by atoms with Gasteiger partial charge in [-0.15, -0.1) is 6.58 Å². The molecule has 0 spiro atoms. The minimum absolute atomic E-state index is 0.0275. The number of aliphatic hydroxyl groups is 1. The number of carbonyl (C=O) groups is 1. The van der Waals surface area contributed by atoms with Crippen LogP contribution < -0.4 is 10.6 Å². The van der Waals surface area contributed by atoms with Gasteiger partial charge in [0, 0.05) is 47.0 Å². The van der Waals surface area contributed by atoms with Gasteiger partial charge in [0.25, 0.3) is 0 Å². The number of para-hydroxylation sites is 1. The monoisotopic (exact) mass is 486 g/mol. The molecule has 1 aromatic heterocycles. The number of nitrogens with zero attached hydrogens (tertiary/aromatic N) is 1. The summed E-state index contributed by atoms with van der Waals surface area (Å²) in [5.41, 5.74) is -3.44. The molecule has 2 aromatic carbocycles. The van der Waals surface area contributed by atoms with Gasteiger partial charge >= 0.3 is 12.2 Å². The van der Waals surface area contributed by atoms with Crippen molar-refractivity contribution in [3.8, 4) is 0 Å². The number of amides is 2. The smallest absolute Gasteiger partial charge is 0.372 e. The number of hydrogen-bond donors (Lipinski definition) is 4. The molecule has 0 saturated carbocycles. The minimum atomic E-state index is -5.07. The Labute approximate surface area is 202 Å². The van der Waals surface area contributed by atoms with E-state index < -0.39 is 23.4 Å². The molecule has 2 amide bonds. The third-order valence-electron chi connectivity index (χ3n) is 6.11. The Morgan fingerprint density at radius 2 is 1.89 bits per heavy atom. The van der Waals surface area contributed by atoms with E-state index in [-0.39, 0.29) is 34.8 Å². The van der Waals surface area contributed by atoms with Crippen LogP contribution in [0.1, 0.15) is 43.4 Å². The molecule has 1 heterocycles. The van der Waals surface area contributed by atoms with Crippen molar-refractivity contribution in [1.29, 1.82) is 5.41 Å². The fourth-order valence-corrected chi connectivity index (χ4v) is 4.15. The van der Waals surface area contributed by atoms with Crippen LogP contribution in [0.25, 0.3) is 10.9 Å². The second-order valence-corrected chi connectivity index (χ2v) is 8.27. The maximum Gasteiger partial charge on any atom is 0.425 e. The highest BCUT2D eigenvalue weighted by Gasteiger charge is 2.57. The third-order valence-corrected chi connectivity index (χ3v) is 6.11. The van der Waals surface area contributed by atoms with Crippen molar-refractivity contribution in [3.05, 3.63) is 78.0 Å². The summed E-state index contributed by atoms with van der Waals surface area (Å²) in [5, 5.41) is 24.6.